The summed E-state index contributed by atoms with van der Waals surface area (Å²) >= 11 is 0. The molecule has 2 rings (SSSR count). The van der Waals surface area contributed by atoms with Crippen molar-refractivity contribution in [3.63, 3.8) is 0 Å². The molecule has 0 radical (unpaired) electrons. The van der Waals surface area contributed by atoms with Gasteiger partial charge in [0.25, 0.3) is 0 Å². The summed E-state index contributed by atoms with van der Waals surface area (Å²) in [5, 5.41) is 0. The third-order valence-corrected chi connectivity index (χ3v) is 3.94. The highest BCUT2D eigenvalue weighted by molar-refractivity contribution is 7.91. The lowest BCUT2D eigenvalue weighted by atomic mass is 10.2. The minimum absolute atomic E-state index is 0.0592. The molecule has 0 amide bonds. The first kappa shape index (κ1) is 11.6. The Kier molecular flexibility index (Phi) is 3.10. The summed E-state index contributed by atoms with van der Waals surface area (Å²) in [5.41, 5.74) is 1.49. The SMILES string of the molecule is C=CCS(=O)(=O)c1ccc(-c2cocn2)cc1. The predicted octanol–water partition coefficient (Wildman–Crippen LogP) is 2.30. The maximum Gasteiger partial charge on any atom is 0.181 e. The average Bonchev–Trinajstić information content (AvgIpc) is 2.82. The van der Waals surface area contributed by atoms with E-state index in [0.717, 1.165) is 5.56 Å². The number of benzene rings is 1. The molecule has 1 aromatic carbocycles. The summed E-state index contributed by atoms with van der Waals surface area (Å²) in [4.78, 5) is 4.26. The number of nitrogens with zero attached hydrogens (tertiary/aromatic N) is 1. The Morgan fingerprint density at radius 3 is 2.53 bits per heavy atom. The van der Waals surface area contributed by atoms with Crippen molar-refractivity contribution in [3.05, 3.63) is 49.6 Å². The highest BCUT2D eigenvalue weighted by Gasteiger charge is 2.12. The normalized spacial score (nSPS) is 11.3. The van der Waals surface area contributed by atoms with Crippen LogP contribution in [-0.4, -0.2) is 19.2 Å². The second-order valence-corrected chi connectivity index (χ2v) is 5.50. The van der Waals surface area contributed by atoms with Crippen LogP contribution in [-0.2, 0) is 9.84 Å². The van der Waals surface area contributed by atoms with E-state index >= 15 is 0 Å². The molecule has 0 unspecified atom stereocenters. The predicted molar refractivity (Wildman–Crippen MR) is 64.2 cm³/mol. The van der Waals surface area contributed by atoms with Crippen LogP contribution in [0.25, 0.3) is 11.3 Å². The Hall–Kier alpha value is -1.88. The van der Waals surface area contributed by atoms with Crippen molar-refractivity contribution < 1.29 is 12.8 Å². The van der Waals surface area contributed by atoms with E-state index in [1.165, 1.54) is 18.7 Å². The number of sulfone groups is 1. The van der Waals surface area contributed by atoms with E-state index in [9.17, 15) is 8.42 Å². The van der Waals surface area contributed by atoms with Gasteiger partial charge < -0.3 is 4.42 Å². The Morgan fingerprint density at radius 2 is 2.00 bits per heavy atom. The van der Waals surface area contributed by atoms with Crippen LogP contribution in [0.1, 0.15) is 0 Å². The highest BCUT2D eigenvalue weighted by atomic mass is 32.2. The smallest absolute Gasteiger partial charge is 0.181 e. The van der Waals surface area contributed by atoms with Crippen molar-refractivity contribution in [1.29, 1.82) is 0 Å². The summed E-state index contributed by atoms with van der Waals surface area (Å²) in [5.74, 6) is -0.0592. The molecule has 0 saturated heterocycles. The third-order valence-electron chi connectivity index (χ3n) is 2.28. The van der Waals surface area contributed by atoms with Gasteiger partial charge in [-0.3, -0.25) is 0 Å². The summed E-state index contributed by atoms with van der Waals surface area (Å²) < 4.78 is 28.3. The zero-order valence-corrected chi connectivity index (χ0v) is 9.85. The average molecular weight is 249 g/mol. The van der Waals surface area contributed by atoms with Crippen LogP contribution in [0.2, 0.25) is 0 Å². The van der Waals surface area contributed by atoms with E-state index in [1.807, 2.05) is 0 Å². The van der Waals surface area contributed by atoms with Gasteiger partial charge in [-0.2, -0.15) is 0 Å². The second kappa shape index (κ2) is 4.55. The maximum atomic E-state index is 11.7. The minimum atomic E-state index is -3.26. The minimum Gasteiger partial charge on any atom is -0.451 e. The molecular weight excluding hydrogens is 238 g/mol. The molecule has 0 fully saturated rings. The lowest BCUT2D eigenvalue weighted by Crippen LogP contribution is -2.03. The topological polar surface area (TPSA) is 60.2 Å². The van der Waals surface area contributed by atoms with Crippen molar-refractivity contribution in [2.45, 2.75) is 4.90 Å². The standard InChI is InChI=1S/C12H11NO3S/c1-2-7-17(14,15)11-5-3-10(4-6-11)12-8-16-9-13-12/h2-6,8-9H,1,7H2. The second-order valence-electron chi connectivity index (χ2n) is 3.47. The molecule has 0 saturated carbocycles. The zero-order chi connectivity index (χ0) is 12.3. The van der Waals surface area contributed by atoms with Gasteiger partial charge in [-0.05, 0) is 12.1 Å². The summed E-state index contributed by atoms with van der Waals surface area (Å²) in [6.07, 6.45) is 4.21. The first-order valence-corrected chi connectivity index (χ1v) is 6.61. The van der Waals surface area contributed by atoms with E-state index in [0.29, 0.717) is 5.69 Å². The summed E-state index contributed by atoms with van der Waals surface area (Å²) in [6, 6.07) is 6.52. The molecule has 0 bridgehead atoms. The lowest BCUT2D eigenvalue weighted by Gasteiger charge is -2.02. The Labute approximate surface area is 99.5 Å². The van der Waals surface area contributed by atoms with Gasteiger partial charge in [-0.1, -0.05) is 18.2 Å². The van der Waals surface area contributed by atoms with Gasteiger partial charge in [0.15, 0.2) is 16.2 Å². The fourth-order valence-corrected chi connectivity index (χ4v) is 2.49. The van der Waals surface area contributed by atoms with Crippen molar-refractivity contribution in [2.24, 2.45) is 0 Å². The van der Waals surface area contributed by atoms with E-state index in [4.69, 9.17) is 4.42 Å². The van der Waals surface area contributed by atoms with Crippen LogP contribution in [0.4, 0.5) is 0 Å². The van der Waals surface area contributed by atoms with Crippen LogP contribution in [0.15, 0.2) is 58.9 Å². The van der Waals surface area contributed by atoms with Crippen LogP contribution in [0.3, 0.4) is 0 Å². The molecule has 2 aromatic rings. The molecule has 0 aliphatic heterocycles. The van der Waals surface area contributed by atoms with Gasteiger partial charge in [-0.15, -0.1) is 6.58 Å². The van der Waals surface area contributed by atoms with Gasteiger partial charge >= 0.3 is 0 Å². The first-order chi connectivity index (χ1) is 8.13. The number of aromatic nitrogens is 1. The summed E-state index contributed by atoms with van der Waals surface area (Å²) in [7, 11) is -3.26. The fourth-order valence-electron chi connectivity index (χ4n) is 1.44. The van der Waals surface area contributed by atoms with Gasteiger partial charge in [0, 0.05) is 5.56 Å². The largest absolute Gasteiger partial charge is 0.451 e. The van der Waals surface area contributed by atoms with Gasteiger partial charge in [0.1, 0.15) is 12.0 Å². The van der Waals surface area contributed by atoms with Crippen molar-refractivity contribution in [2.75, 3.05) is 5.75 Å². The molecule has 0 atom stereocenters. The molecule has 0 spiro atoms. The molecule has 17 heavy (non-hydrogen) atoms. The molecule has 1 heterocycles. The molecular formula is C12H11NO3S. The van der Waals surface area contributed by atoms with E-state index in [1.54, 1.807) is 24.3 Å². The van der Waals surface area contributed by atoms with E-state index in [2.05, 4.69) is 11.6 Å². The molecule has 1 aromatic heterocycles. The van der Waals surface area contributed by atoms with E-state index < -0.39 is 9.84 Å². The number of hydrogen-bond donors (Lipinski definition) is 0. The van der Waals surface area contributed by atoms with E-state index in [-0.39, 0.29) is 10.6 Å². The quantitative estimate of drug-likeness (QED) is 0.780. The molecule has 5 heteroatoms. The number of hydrogen-bond acceptors (Lipinski definition) is 4. The third kappa shape index (κ3) is 2.45. The molecule has 0 aliphatic rings. The van der Waals surface area contributed by atoms with Crippen molar-refractivity contribution in [3.8, 4) is 11.3 Å². The Bertz CT molecular complexity index is 598. The Balaban J connectivity index is 2.34. The molecule has 0 N–H and O–H groups in total. The highest BCUT2D eigenvalue weighted by Crippen LogP contribution is 2.20. The molecule has 4 nitrogen and oxygen atoms in total. The fraction of sp³-hybridized carbons (Fsp3) is 0.0833. The van der Waals surface area contributed by atoms with Crippen molar-refractivity contribution >= 4 is 9.84 Å². The number of oxazole rings is 1. The zero-order valence-electron chi connectivity index (χ0n) is 9.04. The monoisotopic (exact) mass is 249 g/mol. The van der Waals surface area contributed by atoms with Crippen LogP contribution >= 0.6 is 0 Å². The van der Waals surface area contributed by atoms with Crippen LogP contribution < -0.4 is 0 Å². The molecule has 88 valence electrons. The van der Waals surface area contributed by atoms with Crippen LogP contribution in [0, 0.1) is 0 Å². The van der Waals surface area contributed by atoms with Gasteiger partial charge in [0.05, 0.1) is 10.6 Å². The summed E-state index contributed by atoms with van der Waals surface area (Å²) in [6.45, 7) is 3.43. The van der Waals surface area contributed by atoms with Crippen molar-refractivity contribution in [1.82, 2.24) is 4.98 Å². The van der Waals surface area contributed by atoms with Crippen LogP contribution in [0.5, 0.6) is 0 Å². The number of rotatable bonds is 4. The lowest BCUT2D eigenvalue weighted by molar-refractivity contribution is 0.558. The first-order valence-electron chi connectivity index (χ1n) is 4.96. The molecule has 0 aliphatic carbocycles. The van der Waals surface area contributed by atoms with Gasteiger partial charge in [0.2, 0.25) is 0 Å². The van der Waals surface area contributed by atoms with Gasteiger partial charge in [-0.25, -0.2) is 13.4 Å². The Morgan fingerprint density at radius 1 is 1.29 bits per heavy atom. The maximum absolute atomic E-state index is 11.7.